The van der Waals surface area contributed by atoms with Gasteiger partial charge in [-0.05, 0) is 41.3 Å². The van der Waals surface area contributed by atoms with Crippen LogP contribution in [0.2, 0.25) is 0 Å². The summed E-state index contributed by atoms with van der Waals surface area (Å²) in [6.07, 6.45) is 3.68. The molecule has 0 aliphatic rings. The lowest BCUT2D eigenvalue weighted by Crippen LogP contribution is -2.24. The number of nitrogens with one attached hydrogen (secondary N) is 1. The van der Waals surface area contributed by atoms with Gasteiger partial charge in [0.15, 0.2) is 5.16 Å². The fourth-order valence-corrected chi connectivity index (χ4v) is 3.54. The summed E-state index contributed by atoms with van der Waals surface area (Å²) in [6.45, 7) is 4.85. The van der Waals surface area contributed by atoms with Gasteiger partial charge in [0.2, 0.25) is 5.91 Å². The summed E-state index contributed by atoms with van der Waals surface area (Å²) in [4.78, 5) is 16.6. The summed E-state index contributed by atoms with van der Waals surface area (Å²) >= 11 is 1.43. The highest BCUT2D eigenvalue weighted by Gasteiger charge is 2.10. The maximum atomic E-state index is 12.2. The minimum atomic E-state index is -0.0227. The van der Waals surface area contributed by atoms with Gasteiger partial charge in [-0.3, -0.25) is 9.36 Å². The number of thioether (sulfide) groups is 1. The van der Waals surface area contributed by atoms with Gasteiger partial charge < -0.3 is 10.1 Å². The van der Waals surface area contributed by atoms with E-state index in [1.54, 1.807) is 13.3 Å². The molecule has 0 spiro atoms. The van der Waals surface area contributed by atoms with E-state index in [2.05, 4.69) is 48.4 Å². The Kier molecular flexibility index (Phi) is 6.76. The van der Waals surface area contributed by atoms with Crippen molar-refractivity contribution in [1.29, 1.82) is 0 Å². The number of ether oxygens (including phenoxy) is 1. The van der Waals surface area contributed by atoms with Crippen LogP contribution in [-0.2, 0) is 11.3 Å². The Morgan fingerprint density at radius 2 is 1.86 bits per heavy atom. The third-order valence-electron chi connectivity index (χ3n) is 4.43. The molecule has 1 heterocycles. The van der Waals surface area contributed by atoms with Crippen LogP contribution in [0, 0.1) is 0 Å². The van der Waals surface area contributed by atoms with Gasteiger partial charge in [-0.25, -0.2) is 4.98 Å². The molecule has 3 rings (SSSR count). The van der Waals surface area contributed by atoms with Crippen molar-refractivity contribution in [3.8, 4) is 11.4 Å². The second kappa shape index (κ2) is 9.46. The number of amides is 1. The molecule has 146 valence electrons. The summed E-state index contributed by atoms with van der Waals surface area (Å²) in [5.74, 6) is 1.60. The van der Waals surface area contributed by atoms with Gasteiger partial charge in [-0.2, -0.15) is 0 Å². The molecule has 2 aromatic carbocycles. The van der Waals surface area contributed by atoms with Crippen LogP contribution >= 0.6 is 11.8 Å². The Balaban J connectivity index is 1.54. The van der Waals surface area contributed by atoms with Crippen molar-refractivity contribution in [3.63, 3.8) is 0 Å². The molecule has 0 saturated heterocycles. The van der Waals surface area contributed by atoms with Gasteiger partial charge in [-0.15, -0.1) is 0 Å². The van der Waals surface area contributed by atoms with Crippen LogP contribution in [0.1, 0.15) is 30.9 Å². The molecular formula is C22H25N3O2S. The number of benzene rings is 2. The molecule has 0 aliphatic heterocycles. The molecule has 1 aromatic heterocycles. The van der Waals surface area contributed by atoms with Gasteiger partial charge in [0.05, 0.1) is 12.9 Å². The quantitative estimate of drug-likeness (QED) is 0.574. The molecule has 0 unspecified atom stereocenters. The van der Waals surface area contributed by atoms with E-state index >= 15 is 0 Å². The van der Waals surface area contributed by atoms with Crippen LogP contribution in [0.25, 0.3) is 5.69 Å². The maximum absolute atomic E-state index is 12.2. The number of aromatic nitrogens is 2. The van der Waals surface area contributed by atoms with E-state index in [9.17, 15) is 4.79 Å². The zero-order valence-electron chi connectivity index (χ0n) is 16.4. The van der Waals surface area contributed by atoms with E-state index in [-0.39, 0.29) is 5.91 Å². The molecular weight excluding hydrogens is 370 g/mol. The van der Waals surface area contributed by atoms with Crippen LogP contribution < -0.4 is 10.1 Å². The molecule has 0 radical (unpaired) electrons. The van der Waals surface area contributed by atoms with Gasteiger partial charge in [0.1, 0.15) is 5.75 Å². The highest BCUT2D eigenvalue weighted by Crippen LogP contribution is 2.22. The van der Waals surface area contributed by atoms with Crippen LogP contribution in [-0.4, -0.2) is 28.3 Å². The Morgan fingerprint density at radius 1 is 1.14 bits per heavy atom. The number of carbonyl (C=O) groups excluding carboxylic acids is 1. The smallest absolute Gasteiger partial charge is 0.230 e. The van der Waals surface area contributed by atoms with Crippen LogP contribution in [0.5, 0.6) is 5.75 Å². The minimum absolute atomic E-state index is 0.0227. The number of hydrogen-bond acceptors (Lipinski definition) is 4. The molecule has 0 bridgehead atoms. The van der Waals surface area contributed by atoms with E-state index in [1.807, 2.05) is 35.0 Å². The Hall–Kier alpha value is -2.73. The summed E-state index contributed by atoms with van der Waals surface area (Å²) < 4.78 is 7.15. The molecule has 6 heteroatoms. The van der Waals surface area contributed by atoms with E-state index < -0.39 is 0 Å². The van der Waals surface area contributed by atoms with Gasteiger partial charge in [0, 0.05) is 24.6 Å². The molecule has 0 fully saturated rings. The fraction of sp³-hybridized carbons (Fsp3) is 0.273. The predicted octanol–water partition coefficient (Wildman–Crippen LogP) is 4.41. The highest BCUT2D eigenvalue weighted by atomic mass is 32.2. The SMILES string of the molecule is COc1ccc(CNC(=O)CSc2nccn2-c2ccc(C(C)C)cc2)cc1. The van der Waals surface area contributed by atoms with Crippen molar-refractivity contribution in [2.75, 3.05) is 12.9 Å². The molecule has 5 nitrogen and oxygen atoms in total. The molecule has 28 heavy (non-hydrogen) atoms. The maximum Gasteiger partial charge on any atom is 0.230 e. The number of rotatable bonds is 8. The normalized spacial score (nSPS) is 10.9. The summed E-state index contributed by atoms with van der Waals surface area (Å²) in [5, 5.41) is 3.74. The van der Waals surface area contributed by atoms with E-state index in [0.717, 1.165) is 22.2 Å². The third kappa shape index (κ3) is 5.16. The number of methoxy groups -OCH3 is 1. The van der Waals surface area contributed by atoms with Crippen molar-refractivity contribution in [3.05, 3.63) is 72.1 Å². The lowest BCUT2D eigenvalue weighted by atomic mass is 10.0. The van der Waals surface area contributed by atoms with E-state index in [1.165, 1.54) is 17.3 Å². The van der Waals surface area contributed by atoms with Gasteiger partial charge >= 0.3 is 0 Å². The highest BCUT2D eigenvalue weighted by molar-refractivity contribution is 7.99. The lowest BCUT2D eigenvalue weighted by molar-refractivity contribution is -0.118. The first-order valence-corrected chi connectivity index (χ1v) is 10.2. The largest absolute Gasteiger partial charge is 0.497 e. The molecule has 1 N–H and O–H groups in total. The second-order valence-electron chi connectivity index (χ2n) is 6.74. The van der Waals surface area contributed by atoms with Gasteiger partial charge in [-0.1, -0.05) is 49.9 Å². The van der Waals surface area contributed by atoms with Crippen molar-refractivity contribution < 1.29 is 9.53 Å². The summed E-state index contributed by atoms with van der Waals surface area (Å²) in [5.41, 5.74) is 3.38. The molecule has 0 saturated carbocycles. The first-order valence-electron chi connectivity index (χ1n) is 9.23. The minimum Gasteiger partial charge on any atom is -0.497 e. The number of nitrogens with zero attached hydrogens (tertiary/aromatic N) is 2. The predicted molar refractivity (Wildman–Crippen MR) is 113 cm³/mol. The molecule has 3 aromatic rings. The van der Waals surface area contributed by atoms with Crippen LogP contribution in [0.4, 0.5) is 0 Å². The van der Waals surface area contributed by atoms with Gasteiger partial charge in [0.25, 0.3) is 0 Å². The van der Waals surface area contributed by atoms with Crippen molar-refractivity contribution in [2.24, 2.45) is 0 Å². The average Bonchev–Trinajstić information content (AvgIpc) is 3.19. The van der Waals surface area contributed by atoms with Crippen LogP contribution in [0.15, 0.2) is 66.1 Å². The average molecular weight is 396 g/mol. The second-order valence-corrected chi connectivity index (χ2v) is 7.68. The van der Waals surface area contributed by atoms with E-state index in [4.69, 9.17) is 4.74 Å². The number of carbonyl (C=O) groups is 1. The summed E-state index contributed by atoms with van der Waals surface area (Å²) in [6, 6.07) is 16.1. The van der Waals surface area contributed by atoms with Crippen molar-refractivity contribution in [2.45, 2.75) is 31.5 Å². The topological polar surface area (TPSA) is 56.1 Å². The van der Waals surface area contributed by atoms with E-state index in [0.29, 0.717) is 18.2 Å². The fourth-order valence-electron chi connectivity index (χ4n) is 2.74. The Labute approximate surface area is 170 Å². The van der Waals surface area contributed by atoms with Crippen LogP contribution in [0.3, 0.4) is 0 Å². The zero-order chi connectivity index (χ0) is 19.9. The monoisotopic (exact) mass is 395 g/mol. The molecule has 0 aliphatic carbocycles. The number of imidazole rings is 1. The van der Waals surface area contributed by atoms with Crippen molar-refractivity contribution in [1.82, 2.24) is 14.9 Å². The lowest BCUT2D eigenvalue weighted by Gasteiger charge is -2.10. The first kappa shape index (κ1) is 20.0. The third-order valence-corrected chi connectivity index (χ3v) is 5.39. The summed E-state index contributed by atoms with van der Waals surface area (Å²) in [7, 11) is 1.64. The Bertz CT molecular complexity index is 902. The van der Waals surface area contributed by atoms with Crippen molar-refractivity contribution >= 4 is 17.7 Å². The Morgan fingerprint density at radius 3 is 2.50 bits per heavy atom. The number of hydrogen-bond donors (Lipinski definition) is 1. The zero-order valence-corrected chi connectivity index (χ0v) is 17.2. The molecule has 1 amide bonds. The first-order chi connectivity index (χ1) is 13.6. The standard InChI is InChI=1S/C22H25N3O2S/c1-16(2)18-6-8-19(9-7-18)25-13-12-23-22(25)28-15-21(26)24-14-17-4-10-20(27-3)11-5-17/h4-13,16H,14-15H2,1-3H3,(H,24,26). The molecule has 0 atom stereocenters.